The van der Waals surface area contributed by atoms with E-state index < -0.39 is 0 Å². The molecule has 0 radical (unpaired) electrons. The van der Waals surface area contributed by atoms with Crippen molar-refractivity contribution in [2.75, 3.05) is 5.32 Å². The van der Waals surface area contributed by atoms with Crippen LogP contribution in [0.5, 0.6) is 0 Å². The molecule has 2 aliphatic rings. The first-order chi connectivity index (χ1) is 8.93. The maximum atomic E-state index is 4.43. The van der Waals surface area contributed by atoms with Crippen LogP contribution in [0.4, 0.5) is 5.69 Å². The number of nitrogens with zero attached hydrogens (tertiary/aromatic N) is 1. The van der Waals surface area contributed by atoms with Gasteiger partial charge in [-0.3, -0.25) is 4.99 Å². The Bertz CT molecular complexity index is 512. The highest BCUT2D eigenvalue weighted by Gasteiger charge is 2.16. The van der Waals surface area contributed by atoms with E-state index in [1.54, 1.807) is 0 Å². The molecule has 1 N–H and O–H groups in total. The first kappa shape index (κ1) is 11.3. The van der Waals surface area contributed by atoms with E-state index >= 15 is 0 Å². The molecule has 0 saturated heterocycles. The number of hydrogen-bond acceptors (Lipinski definition) is 2. The molecule has 2 heteroatoms. The lowest BCUT2D eigenvalue weighted by atomic mass is 9.97. The molecule has 3 rings (SSSR count). The Labute approximate surface area is 108 Å². The van der Waals surface area contributed by atoms with Gasteiger partial charge in [-0.15, -0.1) is 0 Å². The Hall–Kier alpha value is -1.83. The third-order valence-corrected chi connectivity index (χ3v) is 3.62. The number of para-hydroxylation sites is 1. The zero-order valence-corrected chi connectivity index (χ0v) is 10.5. The molecule has 0 aromatic heterocycles. The molecular formula is C16H18N2. The van der Waals surface area contributed by atoms with Gasteiger partial charge in [0, 0.05) is 35.3 Å². The van der Waals surface area contributed by atoms with Crippen molar-refractivity contribution in [3.05, 3.63) is 53.9 Å². The lowest BCUT2D eigenvalue weighted by Crippen LogP contribution is -2.11. The Morgan fingerprint density at radius 3 is 3.11 bits per heavy atom. The Morgan fingerprint density at radius 1 is 1.17 bits per heavy atom. The SMILES string of the molecule is C1=CCC(C2=CN=Cc3ccccc3N2)CCC1. The lowest BCUT2D eigenvalue weighted by Gasteiger charge is -2.19. The van der Waals surface area contributed by atoms with Crippen LogP contribution in [0.2, 0.25) is 0 Å². The molecule has 1 aliphatic heterocycles. The maximum Gasteiger partial charge on any atom is 0.0471 e. The predicted molar refractivity (Wildman–Crippen MR) is 76.8 cm³/mol. The number of nitrogens with one attached hydrogen (secondary N) is 1. The van der Waals surface area contributed by atoms with E-state index in [-0.39, 0.29) is 0 Å². The molecule has 1 aromatic carbocycles. The average molecular weight is 238 g/mol. The summed E-state index contributed by atoms with van der Waals surface area (Å²) in [4.78, 5) is 4.43. The summed E-state index contributed by atoms with van der Waals surface area (Å²) in [6, 6.07) is 8.32. The molecule has 1 aliphatic carbocycles. The second kappa shape index (κ2) is 5.21. The van der Waals surface area contributed by atoms with E-state index in [0.29, 0.717) is 5.92 Å². The normalized spacial score (nSPS) is 22.4. The average Bonchev–Trinajstić information content (AvgIpc) is 2.79. The fraction of sp³-hybridized carbons (Fsp3) is 0.312. The second-order valence-electron chi connectivity index (χ2n) is 4.91. The monoisotopic (exact) mass is 238 g/mol. The van der Waals surface area contributed by atoms with Gasteiger partial charge in [-0.1, -0.05) is 30.4 Å². The standard InChI is InChI=1S/C16H18N2/c1-2-4-8-13(7-3-1)16-12-17-11-14-9-5-6-10-15(14)18-16/h1,3,5-6,9-13,18H,2,4,7-8H2. The van der Waals surface area contributed by atoms with Crippen molar-refractivity contribution in [1.82, 2.24) is 0 Å². The zero-order chi connectivity index (χ0) is 12.2. The van der Waals surface area contributed by atoms with Gasteiger partial charge in [0.25, 0.3) is 0 Å². The number of rotatable bonds is 1. The fourth-order valence-electron chi connectivity index (χ4n) is 2.58. The summed E-state index contributed by atoms with van der Waals surface area (Å²) in [7, 11) is 0. The Kier molecular flexibility index (Phi) is 3.26. The quantitative estimate of drug-likeness (QED) is 0.731. The molecule has 0 fully saturated rings. The third-order valence-electron chi connectivity index (χ3n) is 3.62. The minimum atomic E-state index is 0.576. The first-order valence-corrected chi connectivity index (χ1v) is 6.68. The zero-order valence-electron chi connectivity index (χ0n) is 10.5. The molecule has 0 amide bonds. The van der Waals surface area contributed by atoms with Gasteiger partial charge < -0.3 is 5.32 Å². The van der Waals surface area contributed by atoms with Gasteiger partial charge in [0.2, 0.25) is 0 Å². The van der Waals surface area contributed by atoms with Crippen LogP contribution in [0.15, 0.2) is 53.3 Å². The summed E-state index contributed by atoms with van der Waals surface area (Å²) in [5, 5.41) is 3.56. The van der Waals surface area contributed by atoms with Crippen LogP contribution < -0.4 is 5.32 Å². The van der Waals surface area contributed by atoms with Crippen molar-refractivity contribution in [1.29, 1.82) is 0 Å². The number of benzene rings is 1. The van der Waals surface area contributed by atoms with Crippen LogP contribution in [-0.2, 0) is 0 Å². The highest BCUT2D eigenvalue weighted by atomic mass is 14.9. The summed E-state index contributed by atoms with van der Waals surface area (Å²) in [6.45, 7) is 0. The Balaban J connectivity index is 1.84. The maximum absolute atomic E-state index is 4.43. The number of allylic oxidation sites excluding steroid dienone is 3. The molecule has 18 heavy (non-hydrogen) atoms. The van der Waals surface area contributed by atoms with Gasteiger partial charge in [0.05, 0.1) is 0 Å². The van der Waals surface area contributed by atoms with Crippen molar-refractivity contribution >= 4 is 11.9 Å². The van der Waals surface area contributed by atoms with Crippen molar-refractivity contribution in [3.8, 4) is 0 Å². The van der Waals surface area contributed by atoms with Crippen molar-refractivity contribution < 1.29 is 0 Å². The second-order valence-corrected chi connectivity index (χ2v) is 4.91. The molecule has 1 atom stereocenters. The third kappa shape index (κ3) is 2.37. The van der Waals surface area contributed by atoms with Crippen LogP contribution in [0.1, 0.15) is 31.2 Å². The van der Waals surface area contributed by atoms with Crippen molar-refractivity contribution in [2.45, 2.75) is 25.7 Å². The Morgan fingerprint density at radius 2 is 2.11 bits per heavy atom. The highest BCUT2D eigenvalue weighted by Crippen LogP contribution is 2.28. The summed E-state index contributed by atoms with van der Waals surface area (Å²) in [5.41, 5.74) is 3.58. The van der Waals surface area contributed by atoms with E-state index in [2.05, 4.69) is 40.7 Å². The van der Waals surface area contributed by atoms with Crippen LogP contribution >= 0.6 is 0 Å². The molecule has 0 saturated carbocycles. The molecule has 1 unspecified atom stereocenters. The molecule has 1 heterocycles. The van der Waals surface area contributed by atoms with Crippen molar-refractivity contribution in [3.63, 3.8) is 0 Å². The topological polar surface area (TPSA) is 24.4 Å². The van der Waals surface area contributed by atoms with Gasteiger partial charge in [-0.05, 0) is 31.7 Å². The van der Waals surface area contributed by atoms with E-state index in [1.165, 1.54) is 30.6 Å². The first-order valence-electron chi connectivity index (χ1n) is 6.68. The van der Waals surface area contributed by atoms with Crippen LogP contribution in [0, 0.1) is 5.92 Å². The van der Waals surface area contributed by atoms with E-state index in [9.17, 15) is 0 Å². The van der Waals surface area contributed by atoms with Crippen molar-refractivity contribution in [2.24, 2.45) is 10.9 Å². The van der Waals surface area contributed by atoms with Gasteiger partial charge in [0.15, 0.2) is 0 Å². The molecular weight excluding hydrogens is 220 g/mol. The molecule has 92 valence electrons. The van der Waals surface area contributed by atoms with Gasteiger partial charge in [0.1, 0.15) is 0 Å². The molecule has 0 spiro atoms. The highest BCUT2D eigenvalue weighted by molar-refractivity contribution is 5.89. The molecule has 2 nitrogen and oxygen atoms in total. The number of aliphatic imine (C=N–C) groups is 1. The van der Waals surface area contributed by atoms with Gasteiger partial charge in [-0.25, -0.2) is 0 Å². The number of hydrogen-bond donors (Lipinski definition) is 1. The summed E-state index contributed by atoms with van der Waals surface area (Å²) in [6.07, 6.45) is 13.4. The lowest BCUT2D eigenvalue weighted by molar-refractivity contribution is 0.559. The molecule has 0 bridgehead atoms. The number of anilines is 1. The molecule has 1 aromatic rings. The smallest absolute Gasteiger partial charge is 0.0471 e. The van der Waals surface area contributed by atoms with Gasteiger partial charge >= 0.3 is 0 Å². The van der Waals surface area contributed by atoms with E-state index in [4.69, 9.17) is 0 Å². The van der Waals surface area contributed by atoms with Crippen LogP contribution in [0.3, 0.4) is 0 Å². The van der Waals surface area contributed by atoms with Gasteiger partial charge in [-0.2, -0.15) is 0 Å². The van der Waals surface area contributed by atoms with E-state index in [0.717, 1.165) is 12.0 Å². The number of fused-ring (bicyclic) bond motifs is 1. The minimum absolute atomic E-state index is 0.576. The van der Waals surface area contributed by atoms with E-state index in [1.807, 2.05) is 18.5 Å². The fourth-order valence-corrected chi connectivity index (χ4v) is 2.58. The predicted octanol–water partition coefficient (Wildman–Crippen LogP) is 4.12. The van der Waals surface area contributed by atoms with Crippen LogP contribution in [-0.4, -0.2) is 6.21 Å². The minimum Gasteiger partial charge on any atom is -0.357 e. The summed E-state index contributed by atoms with van der Waals surface area (Å²) < 4.78 is 0. The summed E-state index contributed by atoms with van der Waals surface area (Å²) >= 11 is 0. The summed E-state index contributed by atoms with van der Waals surface area (Å²) in [5.74, 6) is 0.576. The largest absolute Gasteiger partial charge is 0.357 e. The van der Waals surface area contributed by atoms with Crippen LogP contribution in [0.25, 0.3) is 0 Å².